The lowest BCUT2D eigenvalue weighted by molar-refractivity contribution is -0.158. The number of fused-ring (bicyclic) bond motifs is 1. The Balaban J connectivity index is 1.65. The second-order valence-electron chi connectivity index (χ2n) is 8.25. The van der Waals surface area contributed by atoms with Gasteiger partial charge < -0.3 is 15.3 Å². The van der Waals surface area contributed by atoms with Crippen LogP contribution in [-0.2, 0) is 0 Å². The van der Waals surface area contributed by atoms with E-state index in [1.165, 1.54) is 10.7 Å². The molecule has 0 radical (unpaired) electrons. The predicted molar refractivity (Wildman–Crippen MR) is 103 cm³/mol. The van der Waals surface area contributed by atoms with Crippen LogP contribution in [-0.4, -0.2) is 68.2 Å². The van der Waals surface area contributed by atoms with Gasteiger partial charge in [0.1, 0.15) is 17.4 Å². The van der Waals surface area contributed by atoms with Crippen LogP contribution in [0, 0.1) is 12.8 Å². The van der Waals surface area contributed by atoms with E-state index in [1.807, 2.05) is 18.7 Å². The molecule has 1 unspecified atom stereocenters. The fourth-order valence-corrected chi connectivity index (χ4v) is 3.91. The molecular formula is C19H25F3N6O2. The fraction of sp³-hybridized carbons (Fsp3) is 0.632. The van der Waals surface area contributed by atoms with Gasteiger partial charge in [-0.3, -0.25) is 9.69 Å². The predicted octanol–water partition coefficient (Wildman–Crippen LogP) is 1.91. The molecule has 30 heavy (non-hydrogen) atoms. The number of alkyl halides is 3. The number of aromatic nitrogens is 3. The summed E-state index contributed by atoms with van der Waals surface area (Å²) in [6.07, 6.45) is -3.26. The number of nitrogens with one attached hydrogen (secondary N) is 1. The molecule has 2 aliphatic rings. The highest BCUT2D eigenvalue weighted by molar-refractivity contribution is 6.00. The van der Waals surface area contributed by atoms with E-state index < -0.39 is 30.4 Å². The van der Waals surface area contributed by atoms with Crippen LogP contribution in [0.1, 0.15) is 42.7 Å². The Kier molecular flexibility index (Phi) is 5.13. The number of halogens is 3. The minimum Gasteiger partial charge on any atom is -0.361 e. The first-order chi connectivity index (χ1) is 14.1. The Morgan fingerprint density at radius 3 is 2.57 bits per heavy atom. The molecule has 2 aromatic heterocycles. The maximum absolute atomic E-state index is 13.3. The maximum atomic E-state index is 13.3. The van der Waals surface area contributed by atoms with Crippen molar-refractivity contribution < 1.29 is 23.1 Å². The van der Waals surface area contributed by atoms with Crippen molar-refractivity contribution in [3.8, 4) is 0 Å². The average molecular weight is 426 g/mol. The summed E-state index contributed by atoms with van der Waals surface area (Å²) in [4.78, 5) is 20.8. The number of hydrogen-bond donors (Lipinski definition) is 2. The zero-order valence-corrected chi connectivity index (χ0v) is 17.0. The Morgan fingerprint density at radius 1 is 1.30 bits per heavy atom. The third-order valence-electron chi connectivity index (χ3n) is 5.75. The van der Waals surface area contributed by atoms with Crippen LogP contribution in [0.5, 0.6) is 0 Å². The molecule has 2 atom stereocenters. The first-order valence-electron chi connectivity index (χ1n) is 10.0. The number of carbonyl (C=O) groups excluding carboxylic acids is 1. The molecule has 0 bridgehead atoms. The topological polar surface area (TPSA) is 86.0 Å². The SMILES string of the molecule is Cc1cc(N2CCN(C(C)C)C2O)nc2c(C(=O)N[C@@H](C3CC3)C(F)(F)F)cnn12. The Bertz CT molecular complexity index is 956. The monoisotopic (exact) mass is 426 g/mol. The minimum atomic E-state index is -4.51. The van der Waals surface area contributed by atoms with Crippen LogP contribution in [0.3, 0.4) is 0 Å². The molecule has 11 heteroatoms. The largest absolute Gasteiger partial charge is 0.408 e. The van der Waals surface area contributed by atoms with Gasteiger partial charge in [-0.15, -0.1) is 0 Å². The molecule has 0 aromatic carbocycles. The molecule has 8 nitrogen and oxygen atoms in total. The summed E-state index contributed by atoms with van der Waals surface area (Å²) in [7, 11) is 0. The number of carbonyl (C=O) groups is 1. The smallest absolute Gasteiger partial charge is 0.361 e. The van der Waals surface area contributed by atoms with Crippen molar-refractivity contribution in [2.45, 2.75) is 58.2 Å². The summed E-state index contributed by atoms with van der Waals surface area (Å²) in [5.41, 5.74) is 0.789. The highest BCUT2D eigenvalue weighted by atomic mass is 19.4. The van der Waals surface area contributed by atoms with E-state index in [0.717, 1.165) is 0 Å². The second-order valence-corrected chi connectivity index (χ2v) is 8.25. The van der Waals surface area contributed by atoms with Gasteiger partial charge in [-0.2, -0.15) is 18.3 Å². The van der Waals surface area contributed by atoms with Crippen molar-refractivity contribution in [2.24, 2.45) is 5.92 Å². The molecule has 2 fully saturated rings. The number of aliphatic hydroxyl groups excluding tert-OH is 1. The Hall–Kier alpha value is -2.40. The van der Waals surface area contributed by atoms with Crippen molar-refractivity contribution in [2.75, 3.05) is 18.0 Å². The van der Waals surface area contributed by atoms with E-state index in [1.54, 1.807) is 17.9 Å². The van der Waals surface area contributed by atoms with Crippen LogP contribution in [0.25, 0.3) is 5.65 Å². The van der Waals surface area contributed by atoms with Gasteiger partial charge in [0.2, 0.25) is 0 Å². The standard InChI is InChI=1S/C19H25F3N6O2/c1-10(2)26-6-7-27(18(26)30)14-8-11(3)28-16(24-14)13(9-23-28)17(29)25-15(12-4-5-12)19(20,21)22/h8-10,12,15,18,30H,4-7H2,1-3H3,(H,25,29)/t15-,18?/m0/s1. The van der Waals surface area contributed by atoms with Gasteiger partial charge in [-0.25, -0.2) is 9.50 Å². The Morgan fingerprint density at radius 2 is 2.00 bits per heavy atom. The number of nitrogens with zero attached hydrogens (tertiary/aromatic N) is 5. The lowest BCUT2D eigenvalue weighted by Crippen LogP contribution is -2.47. The maximum Gasteiger partial charge on any atom is 0.408 e. The van der Waals surface area contributed by atoms with E-state index in [0.29, 0.717) is 37.4 Å². The quantitative estimate of drug-likeness (QED) is 0.760. The Labute approximate surface area is 171 Å². The summed E-state index contributed by atoms with van der Waals surface area (Å²) in [5, 5.41) is 16.9. The van der Waals surface area contributed by atoms with E-state index in [9.17, 15) is 23.1 Å². The molecular weight excluding hydrogens is 401 g/mol. The first kappa shape index (κ1) is 20.9. The molecule has 2 N–H and O–H groups in total. The molecule has 1 aliphatic heterocycles. The molecule has 1 aliphatic carbocycles. The van der Waals surface area contributed by atoms with Crippen LogP contribution < -0.4 is 10.2 Å². The molecule has 0 spiro atoms. The van der Waals surface area contributed by atoms with Crippen molar-refractivity contribution in [1.29, 1.82) is 0 Å². The normalized spacial score (nSPS) is 21.6. The fourth-order valence-electron chi connectivity index (χ4n) is 3.91. The summed E-state index contributed by atoms with van der Waals surface area (Å²) in [5.74, 6) is -0.989. The third-order valence-corrected chi connectivity index (χ3v) is 5.75. The molecule has 1 saturated carbocycles. The molecule has 4 rings (SSSR count). The van der Waals surface area contributed by atoms with Crippen LogP contribution in [0.2, 0.25) is 0 Å². The number of amides is 1. The van der Waals surface area contributed by atoms with Crippen molar-refractivity contribution in [1.82, 2.24) is 24.8 Å². The zero-order chi connectivity index (χ0) is 21.8. The number of aliphatic hydroxyl groups is 1. The molecule has 1 saturated heterocycles. The first-order valence-corrected chi connectivity index (χ1v) is 10.0. The van der Waals surface area contributed by atoms with E-state index in [4.69, 9.17) is 0 Å². The van der Waals surface area contributed by atoms with Gasteiger partial charge in [-0.1, -0.05) is 0 Å². The summed E-state index contributed by atoms with van der Waals surface area (Å²) < 4.78 is 41.4. The number of aryl methyl sites for hydroxylation is 1. The zero-order valence-electron chi connectivity index (χ0n) is 17.0. The van der Waals surface area contributed by atoms with E-state index in [-0.39, 0.29) is 17.3 Å². The second kappa shape index (κ2) is 7.38. The van der Waals surface area contributed by atoms with E-state index in [2.05, 4.69) is 15.4 Å². The average Bonchev–Trinajstić information content (AvgIpc) is 3.26. The number of rotatable bonds is 5. The highest BCUT2D eigenvalue weighted by Gasteiger charge is 2.50. The number of hydrogen-bond acceptors (Lipinski definition) is 6. The van der Waals surface area contributed by atoms with E-state index >= 15 is 0 Å². The lowest BCUT2D eigenvalue weighted by atomic mass is 10.1. The summed E-state index contributed by atoms with van der Waals surface area (Å²) >= 11 is 0. The van der Waals surface area contributed by atoms with Crippen molar-refractivity contribution >= 4 is 17.4 Å². The van der Waals surface area contributed by atoms with Gasteiger partial charge in [0.25, 0.3) is 5.91 Å². The van der Waals surface area contributed by atoms with Gasteiger partial charge in [0.15, 0.2) is 12.0 Å². The summed E-state index contributed by atoms with van der Waals surface area (Å²) in [6, 6.07) is -0.00522. The van der Waals surface area contributed by atoms with Crippen molar-refractivity contribution in [3.63, 3.8) is 0 Å². The van der Waals surface area contributed by atoms with Gasteiger partial charge in [0.05, 0.1) is 6.20 Å². The lowest BCUT2D eigenvalue weighted by Gasteiger charge is -2.28. The van der Waals surface area contributed by atoms with Gasteiger partial charge in [0, 0.05) is 30.9 Å². The highest BCUT2D eigenvalue weighted by Crippen LogP contribution is 2.40. The molecule has 1 amide bonds. The summed E-state index contributed by atoms with van der Waals surface area (Å²) in [6.45, 7) is 6.90. The van der Waals surface area contributed by atoms with Crippen molar-refractivity contribution in [3.05, 3.63) is 23.5 Å². The van der Waals surface area contributed by atoms with Gasteiger partial charge in [-0.05, 0) is 39.5 Å². The molecule has 2 aromatic rings. The van der Waals surface area contributed by atoms with Gasteiger partial charge >= 0.3 is 6.18 Å². The van der Waals surface area contributed by atoms with Crippen LogP contribution in [0.15, 0.2) is 12.3 Å². The molecule has 164 valence electrons. The van der Waals surface area contributed by atoms with Crippen LogP contribution >= 0.6 is 0 Å². The minimum absolute atomic E-state index is 0.0238. The number of anilines is 1. The third kappa shape index (κ3) is 3.71. The van der Waals surface area contributed by atoms with Crippen LogP contribution in [0.4, 0.5) is 19.0 Å². The molecule has 3 heterocycles.